The number of aromatic nitrogens is 5. The predicted molar refractivity (Wildman–Crippen MR) is 94.5 cm³/mol. The van der Waals surface area contributed by atoms with Crippen LogP contribution in [0.5, 0.6) is 5.75 Å². The van der Waals surface area contributed by atoms with Crippen molar-refractivity contribution in [1.29, 1.82) is 0 Å². The highest BCUT2D eigenvalue weighted by atomic mass is 32.2. The fourth-order valence-electron chi connectivity index (χ4n) is 1.86. The third-order valence-corrected chi connectivity index (χ3v) is 5.08. The first-order chi connectivity index (χ1) is 11.4. The van der Waals surface area contributed by atoms with Crippen LogP contribution < -0.4 is 4.74 Å². The number of hydrogen-bond acceptors (Lipinski definition) is 7. The summed E-state index contributed by atoms with van der Waals surface area (Å²) in [6.45, 7) is 6.68. The molecule has 0 saturated carbocycles. The molecule has 0 saturated heterocycles. The van der Waals surface area contributed by atoms with Gasteiger partial charge in [0.15, 0.2) is 15.3 Å². The van der Waals surface area contributed by atoms with Gasteiger partial charge in [-0.25, -0.2) is 4.98 Å². The highest BCUT2D eigenvalue weighted by molar-refractivity contribution is 8.00. The third kappa shape index (κ3) is 3.93. The number of ether oxygens (including phenoxy) is 1. The molecular formula is C16H19N5OS2. The first-order valence-corrected chi connectivity index (χ1v) is 9.10. The van der Waals surface area contributed by atoms with Gasteiger partial charge in [-0.15, -0.1) is 10.2 Å². The lowest BCUT2D eigenvalue weighted by atomic mass is 9.96. The average molecular weight is 361 g/mol. The monoisotopic (exact) mass is 361 g/mol. The van der Waals surface area contributed by atoms with E-state index in [1.165, 1.54) is 23.3 Å². The van der Waals surface area contributed by atoms with Crippen LogP contribution in [0.4, 0.5) is 0 Å². The summed E-state index contributed by atoms with van der Waals surface area (Å²) in [7, 11) is 1.93. The SMILES string of the molecule is Cn1c(COc2ccccc2)nnc1Sc1nc(C(C)(C)C)ns1. The molecule has 6 nitrogen and oxygen atoms in total. The summed E-state index contributed by atoms with van der Waals surface area (Å²) in [5.74, 6) is 2.43. The van der Waals surface area contributed by atoms with Gasteiger partial charge in [-0.1, -0.05) is 39.0 Å². The molecule has 0 spiro atoms. The van der Waals surface area contributed by atoms with Crippen molar-refractivity contribution < 1.29 is 4.74 Å². The molecule has 0 atom stereocenters. The van der Waals surface area contributed by atoms with Crippen LogP contribution in [0.2, 0.25) is 0 Å². The highest BCUT2D eigenvalue weighted by Crippen LogP contribution is 2.30. The molecule has 0 N–H and O–H groups in total. The molecule has 0 bridgehead atoms. The van der Waals surface area contributed by atoms with Crippen LogP contribution in [-0.2, 0) is 19.1 Å². The molecule has 24 heavy (non-hydrogen) atoms. The first-order valence-electron chi connectivity index (χ1n) is 7.51. The van der Waals surface area contributed by atoms with E-state index in [2.05, 4.69) is 40.3 Å². The minimum Gasteiger partial charge on any atom is -0.486 e. The maximum atomic E-state index is 5.73. The molecule has 3 aromatic rings. The minimum absolute atomic E-state index is 0.0517. The highest BCUT2D eigenvalue weighted by Gasteiger charge is 2.21. The van der Waals surface area contributed by atoms with Gasteiger partial charge in [-0.3, -0.25) is 0 Å². The van der Waals surface area contributed by atoms with Crippen LogP contribution in [0.25, 0.3) is 0 Å². The maximum absolute atomic E-state index is 5.73. The molecular weight excluding hydrogens is 342 g/mol. The Bertz CT molecular complexity index is 807. The van der Waals surface area contributed by atoms with Crippen LogP contribution in [0.1, 0.15) is 32.4 Å². The number of rotatable bonds is 5. The van der Waals surface area contributed by atoms with Gasteiger partial charge < -0.3 is 9.30 Å². The van der Waals surface area contributed by atoms with E-state index in [1.807, 2.05) is 41.9 Å². The summed E-state index contributed by atoms with van der Waals surface area (Å²) in [5, 5.41) is 9.21. The van der Waals surface area contributed by atoms with E-state index < -0.39 is 0 Å². The molecule has 2 heterocycles. The number of hydrogen-bond donors (Lipinski definition) is 0. The van der Waals surface area contributed by atoms with Gasteiger partial charge in [0.2, 0.25) is 0 Å². The fourth-order valence-corrected chi connectivity index (χ4v) is 3.56. The Balaban J connectivity index is 1.67. The Morgan fingerprint density at radius 3 is 2.58 bits per heavy atom. The van der Waals surface area contributed by atoms with Crippen LogP contribution in [-0.4, -0.2) is 24.1 Å². The summed E-state index contributed by atoms with van der Waals surface area (Å²) >= 11 is 2.86. The Morgan fingerprint density at radius 1 is 1.17 bits per heavy atom. The molecule has 0 amide bonds. The van der Waals surface area contributed by atoms with Crippen LogP contribution >= 0.6 is 23.3 Å². The first kappa shape index (κ1) is 16.9. The summed E-state index contributed by atoms with van der Waals surface area (Å²) in [6, 6.07) is 9.67. The normalized spacial score (nSPS) is 11.7. The zero-order valence-electron chi connectivity index (χ0n) is 14.1. The Hall–Kier alpha value is -1.93. The zero-order valence-corrected chi connectivity index (χ0v) is 15.7. The number of nitrogens with zero attached hydrogens (tertiary/aromatic N) is 5. The Labute approximate surface area is 149 Å². The third-order valence-electron chi connectivity index (χ3n) is 3.29. The molecule has 0 radical (unpaired) electrons. The van der Waals surface area contributed by atoms with Crippen molar-refractivity contribution in [3.05, 3.63) is 42.0 Å². The molecule has 0 aliphatic heterocycles. The summed E-state index contributed by atoms with van der Waals surface area (Å²) < 4.78 is 12.9. The van der Waals surface area contributed by atoms with E-state index >= 15 is 0 Å². The number of para-hydroxylation sites is 1. The molecule has 1 aromatic carbocycles. The largest absolute Gasteiger partial charge is 0.486 e. The fraction of sp³-hybridized carbons (Fsp3) is 0.375. The van der Waals surface area contributed by atoms with E-state index in [-0.39, 0.29) is 5.41 Å². The zero-order chi connectivity index (χ0) is 17.2. The van der Waals surface area contributed by atoms with Crippen LogP contribution in [0.15, 0.2) is 39.8 Å². The second kappa shape index (κ2) is 6.90. The quantitative estimate of drug-likeness (QED) is 0.690. The van der Waals surface area contributed by atoms with E-state index in [0.717, 1.165) is 26.9 Å². The van der Waals surface area contributed by atoms with E-state index in [0.29, 0.717) is 6.61 Å². The minimum atomic E-state index is -0.0517. The van der Waals surface area contributed by atoms with Gasteiger partial charge in [0.1, 0.15) is 18.2 Å². The lowest BCUT2D eigenvalue weighted by Gasteiger charge is -2.12. The van der Waals surface area contributed by atoms with Gasteiger partial charge in [0.25, 0.3) is 0 Å². The maximum Gasteiger partial charge on any atom is 0.198 e. The Morgan fingerprint density at radius 2 is 1.92 bits per heavy atom. The van der Waals surface area contributed by atoms with Crippen molar-refractivity contribution in [2.45, 2.75) is 42.3 Å². The smallest absolute Gasteiger partial charge is 0.198 e. The van der Waals surface area contributed by atoms with E-state index in [1.54, 1.807) is 0 Å². The molecule has 3 rings (SSSR count). The summed E-state index contributed by atoms with van der Waals surface area (Å²) in [4.78, 5) is 4.58. The van der Waals surface area contributed by atoms with Crippen molar-refractivity contribution in [3.8, 4) is 5.75 Å². The molecule has 0 aliphatic carbocycles. The molecule has 0 aliphatic rings. The molecule has 0 unspecified atom stereocenters. The van der Waals surface area contributed by atoms with Crippen molar-refractivity contribution in [1.82, 2.24) is 24.1 Å². The molecule has 2 aromatic heterocycles. The van der Waals surface area contributed by atoms with Crippen molar-refractivity contribution in [3.63, 3.8) is 0 Å². The summed E-state index contributed by atoms with van der Waals surface area (Å²) in [6.07, 6.45) is 0. The van der Waals surface area contributed by atoms with Gasteiger partial charge in [0.05, 0.1) is 0 Å². The van der Waals surface area contributed by atoms with Crippen LogP contribution in [0.3, 0.4) is 0 Å². The Kier molecular flexibility index (Phi) is 4.86. The lowest BCUT2D eigenvalue weighted by Crippen LogP contribution is -2.12. The average Bonchev–Trinajstić information content (AvgIpc) is 3.15. The van der Waals surface area contributed by atoms with Crippen molar-refractivity contribution in [2.24, 2.45) is 7.05 Å². The van der Waals surface area contributed by atoms with Gasteiger partial charge in [-0.05, 0) is 35.4 Å². The van der Waals surface area contributed by atoms with E-state index in [9.17, 15) is 0 Å². The van der Waals surface area contributed by atoms with Crippen LogP contribution in [0, 0.1) is 0 Å². The topological polar surface area (TPSA) is 65.7 Å². The standard InChI is InChI=1S/C16H19N5OS2/c1-16(2,3)13-17-15(24-20-13)23-14-19-18-12(21(14)4)10-22-11-8-6-5-7-9-11/h5-9H,10H2,1-4H3. The van der Waals surface area contributed by atoms with Crippen molar-refractivity contribution >= 4 is 23.3 Å². The van der Waals surface area contributed by atoms with E-state index in [4.69, 9.17) is 4.74 Å². The van der Waals surface area contributed by atoms with Gasteiger partial charge >= 0.3 is 0 Å². The number of benzene rings is 1. The van der Waals surface area contributed by atoms with Crippen molar-refractivity contribution in [2.75, 3.05) is 0 Å². The second-order valence-electron chi connectivity index (χ2n) is 6.30. The second-order valence-corrected chi connectivity index (χ2v) is 8.26. The van der Waals surface area contributed by atoms with Gasteiger partial charge in [-0.2, -0.15) is 4.37 Å². The molecule has 8 heteroatoms. The summed E-state index contributed by atoms with van der Waals surface area (Å²) in [5.41, 5.74) is -0.0517. The molecule has 126 valence electrons. The molecule has 0 fully saturated rings. The lowest BCUT2D eigenvalue weighted by molar-refractivity contribution is 0.290. The predicted octanol–water partition coefficient (Wildman–Crippen LogP) is 3.69. The van der Waals surface area contributed by atoms with Gasteiger partial charge in [0, 0.05) is 12.5 Å².